The first kappa shape index (κ1) is 36.8. The lowest BCUT2D eigenvalue weighted by Crippen LogP contribution is -2.67. The third-order valence-electron chi connectivity index (χ3n) is 10.3. The van der Waals surface area contributed by atoms with E-state index in [1.54, 1.807) is 52.8 Å². The number of aromatic nitrogens is 1. The van der Waals surface area contributed by atoms with Gasteiger partial charge < -0.3 is 29.7 Å². The third kappa shape index (κ3) is 6.95. The molecule has 3 amide bonds. The second-order valence-corrected chi connectivity index (χ2v) is 14.9. The summed E-state index contributed by atoms with van der Waals surface area (Å²) in [7, 11) is 0. The van der Waals surface area contributed by atoms with Crippen molar-refractivity contribution in [2.75, 3.05) is 13.2 Å². The van der Waals surface area contributed by atoms with Crippen LogP contribution in [-0.4, -0.2) is 75.7 Å². The van der Waals surface area contributed by atoms with Crippen molar-refractivity contribution in [2.45, 2.75) is 102 Å². The van der Waals surface area contributed by atoms with Gasteiger partial charge in [0.25, 0.3) is 0 Å². The van der Waals surface area contributed by atoms with E-state index in [0.29, 0.717) is 42.7 Å². The van der Waals surface area contributed by atoms with Gasteiger partial charge in [0.1, 0.15) is 46.1 Å². The topological polar surface area (TPSA) is 136 Å². The number of carbonyl (C=O) groups is 4. The summed E-state index contributed by atoms with van der Waals surface area (Å²) in [6.45, 7) is 12.7. The van der Waals surface area contributed by atoms with Gasteiger partial charge in [-0.15, -0.1) is 6.58 Å². The van der Waals surface area contributed by atoms with Gasteiger partial charge >= 0.3 is 12.1 Å². The number of nitrogens with one attached hydrogen (secondary N) is 2. The molecule has 1 saturated heterocycles. The standard InChI is InChI=1S/C40H47FN4O7/c1-7-25-17-20-40(25,36(48)50-9-3)44-34(46)31-22-39(23-45(31)35(47)29(8-2)43-37(49)52-38(4,5)6)19-18-28-27-15-10-11-16-30(27)42-32(33(28)51-39)24-13-12-14-26(41)21-24/h7,10-16,21,25,29,31H,1,8-9,17-20,22-23H2,2-6H3,(H,43,49)(H,44,46)/t25-,29+,31+,39-,40-/m1/s1. The van der Waals surface area contributed by atoms with Gasteiger partial charge in [0.15, 0.2) is 0 Å². The Morgan fingerprint density at radius 1 is 1.13 bits per heavy atom. The molecule has 2 aromatic carbocycles. The minimum Gasteiger partial charge on any atom is -0.483 e. The summed E-state index contributed by atoms with van der Waals surface area (Å²) >= 11 is 0. The predicted octanol–water partition coefficient (Wildman–Crippen LogP) is 6.02. The molecule has 52 heavy (non-hydrogen) atoms. The number of amides is 3. The maximum Gasteiger partial charge on any atom is 0.408 e. The Hall–Kier alpha value is -5.00. The van der Waals surface area contributed by atoms with E-state index in [9.17, 15) is 23.6 Å². The fourth-order valence-corrected chi connectivity index (χ4v) is 7.67. The van der Waals surface area contributed by atoms with Gasteiger partial charge in [-0.05, 0) is 78.0 Å². The van der Waals surface area contributed by atoms with Crippen molar-refractivity contribution >= 4 is 34.8 Å². The molecule has 12 heteroatoms. The number of hydrogen-bond acceptors (Lipinski definition) is 8. The molecule has 0 bridgehead atoms. The van der Waals surface area contributed by atoms with Crippen molar-refractivity contribution in [3.63, 3.8) is 0 Å². The highest BCUT2D eigenvalue weighted by Crippen LogP contribution is 2.48. The van der Waals surface area contributed by atoms with E-state index in [2.05, 4.69) is 17.2 Å². The van der Waals surface area contributed by atoms with Crippen LogP contribution in [0.1, 0.15) is 72.3 Å². The molecule has 2 aliphatic heterocycles. The van der Waals surface area contributed by atoms with Crippen LogP contribution in [0.5, 0.6) is 5.75 Å². The Kier molecular flexibility index (Phi) is 10.0. The van der Waals surface area contributed by atoms with Crippen molar-refractivity contribution < 1.29 is 37.8 Å². The number of aryl methyl sites for hydroxylation is 1. The molecule has 2 N–H and O–H groups in total. The number of fused-ring (bicyclic) bond motifs is 3. The van der Waals surface area contributed by atoms with Crippen LogP contribution in [0.25, 0.3) is 22.2 Å². The molecule has 5 atom stereocenters. The lowest BCUT2D eigenvalue weighted by Gasteiger charge is -2.46. The van der Waals surface area contributed by atoms with E-state index in [4.69, 9.17) is 19.2 Å². The van der Waals surface area contributed by atoms with Crippen molar-refractivity contribution in [1.29, 1.82) is 0 Å². The van der Waals surface area contributed by atoms with E-state index in [1.165, 1.54) is 17.0 Å². The first-order valence-electron chi connectivity index (χ1n) is 18.0. The zero-order chi connectivity index (χ0) is 37.4. The number of nitrogens with zero attached hydrogens (tertiary/aromatic N) is 2. The molecule has 0 unspecified atom stereocenters. The summed E-state index contributed by atoms with van der Waals surface area (Å²) in [5, 5.41) is 6.57. The normalized spacial score (nSPS) is 24.2. The third-order valence-corrected chi connectivity index (χ3v) is 10.3. The molecule has 3 aliphatic rings. The second kappa shape index (κ2) is 14.2. The fourth-order valence-electron chi connectivity index (χ4n) is 7.67. The second-order valence-electron chi connectivity index (χ2n) is 14.9. The highest BCUT2D eigenvalue weighted by atomic mass is 19.1. The Morgan fingerprint density at radius 3 is 2.56 bits per heavy atom. The summed E-state index contributed by atoms with van der Waals surface area (Å²) in [6, 6.07) is 11.8. The molecule has 2 fully saturated rings. The summed E-state index contributed by atoms with van der Waals surface area (Å²) in [5.74, 6) is -1.87. The molecule has 3 aromatic rings. The number of alkyl carbamates (subject to hydrolysis) is 1. The molecule has 3 heterocycles. The van der Waals surface area contributed by atoms with E-state index in [0.717, 1.165) is 16.5 Å². The van der Waals surface area contributed by atoms with Crippen molar-refractivity contribution in [1.82, 2.24) is 20.5 Å². The van der Waals surface area contributed by atoms with Gasteiger partial charge in [0, 0.05) is 28.9 Å². The first-order valence-corrected chi connectivity index (χ1v) is 18.0. The number of halogens is 1. The quantitative estimate of drug-likeness (QED) is 0.203. The SMILES string of the molecule is C=C[C@@H]1CC[C@]1(NC(=O)[C@@H]1C[C@]2(CCc3c(c(-c4cccc(F)c4)nc4ccccc34)O2)CN1C(=O)[C@H](CC)NC(=O)OC(C)(C)C)C(=O)OCC. The van der Waals surface area contributed by atoms with E-state index >= 15 is 0 Å². The van der Waals surface area contributed by atoms with Crippen LogP contribution in [0.3, 0.4) is 0 Å². The summed E-state index contributed by atoms with van der Waals surface area (Å²) in [4.78, 5) is 61.4. The van der Waals surface area contributed by atoms with Gasteiger partial charge in [-0.25, -0.2) is 19.0 Å². The van der Waals surface area contributed by atoms with Crippen molar-refractivity contribution in [2.24, 2.45) is 5.92 Å². The van der Waals surface area contributed by atoms with E-state index in [1.807, 2.05) is 24.3 Å². The van der Waals surface area contributed by atoms with Crippen LogP contribution in [-0.2, 0) is 30.3 Å². The number of rotatable bonds is 9. The Morgan fingerprint density at radius 2 is 1.90 bits per heavy atom. The molecular weight excluding hydrogens is 667 g/mol. The number of carbonyl (C=O) groups excluding carboxylic acids is 4. The summed E-state index contributed by atoms with van der Waals surface area (Å²) < 4.78 is 32.4. The Balaban J connectivity index is 1.39. The monoisotopic (exact) mass is 714 g/mol. The average Bonchev–Trinajstić information content (AvgIpc) is 3.46. The maximum atomic E-state index is 14.6. The van der Waals surface area contributed by atoms with E-state index < -0.39 is 58.5 Å². The first-order chi connectivity index (χ1) is 24.7. The van der Waals surface area contributed by atoms with Gasteiger partial charge in [-0.1, -0.05) is 43.3 Å². The molecule has 1 aromatic heterocycles. The highest BCUT2D eigenvalue weighted by Gasteiger charge is 2.58. The van der Waals surface area contributed by atoms with Crippen molar-refractivity contribution in [3.8, 4) is 17.0 Å². The summed E-state index contributed by atoms with van der Waals surface area (Å²) in [5.41, 5.74) is -0.520. The molecule has 1 aliphatic carbocycles. The average molecular weight is 715 g/mol. The van der Waals surface area contributed by atoms with Gasteiger partial charge in [0.05, 0.1) is 18.7 Å². The minimum absolute atomic E-state index is 0.0164. The smallest absolute Gasteiger partial charge is 0.408 e. The van der Waals surface area contributed by atoms with Gasteiger partial charge in [-0.3, -0.25) is 9.59 Å². The van der Waals surface area contributed by atoms with E-state index in [-0.39, 0.29) is 31.9 Å². The number of esters is 1. The number of likely N-dealkylation sites (tertiary alicyclic amines) is 1. The Labute approximate surface area is 303 Å². The largest absolute Gasteiger partial charge is 0.483 e. The zero-order valence-corrected chi connectivity index (χ0v) is 30.4. The molecule has 6 rings (SSSR count). The van der Waals surface area contributed by atoms with Crippen molar-refractivity contribution in [3.05, 3.63) is 72.6 Å². The van der Waals surface area contributed by atoms with Crippen LogP contribution in [0.2, 0.25) is 0 Å². The minimum atomic E-state index is -1.31. The molecule has 1 saturated carbocycles. The molecular formula is C40H47FN4O7. The number of ether oxygens (including phenoxy) is 3. The number of benzene rings is 2. The Bertz CT molecular complexity index is 1910. The van der Waals surface area contributed by atoms with Gasteiger partial charge in [0.2, 0.25) is 11.8 Å². The zero-order valence-electron chi connectivity index (χ0n) is 30.4. The number of hydrogen-bond donors (Lipinski definition) is 2. The van der Waals surface area contributed by atoms with Crippen LogP contribution in [0, 0.1) is 11.7 Å². The molecule has 0 radical (unpaired) electrons. The number of pyridine rings is 1. The number of para-hydroxylation sites is 1. The molecule has 276 valence electrons. The summed E-state index contributed by atoms with van der Waals surface area (Å²) in [6.07, 6.45) is 3.20. The lowest BCUT2D eigenvalue weighted by molar-refractivity contribution is -0.161. The van der Waals surface area contributed by atoms with Crippen LogP contribution in [0.15, 0.2) is 61.2 Å². The van der Waals surface area contributed by atoms with Crippen LogP contribution >= 0.6 is 0 Å². The predicted molar refractivity (Wildman–Crippen MR) is 193 cm³/mol. The van der Waals surface area contributed by atoms with Crippen LogP contribution in [0.4, 0.5) is 9.18 Å². The fraction of sp³-hybridized carbons (Fsp3) is 0.475. The molecule has 1 spiro atoms. The highest BCUT2D eigenvalue weighted by molar-refractivity contribution is 5.96. The van der Waals surface area contributed by atoms with Crippen LogP contribution < -0.4 is 15.4 Å². The lowest BCUT2D eigenvalue weighted by atomic mass is 9.66. The molecule has 11 nitrogen and oxygen atoms in total. The van der Waals surface area contributed by atoms with Gasteiger partial charge in [-0.2, -0.15) is 0 Å². The maximum absolute atomic E-state index is 14.6.